The highest BCUT2D eigenvalue weighted by atomic mass is 14.8. The lowest BCUT2D eigenvalue weighted by Gasteiger charge is -1.98. The fraction of sp³-hybridized carbons (Fsp3) is 1.00. The van der Waals surface area contributed by atoms with Gasteiger partial charge in [0, 0.05) is 0 Å². The molecule has 0 aromatic rings. The monoisotopic (exact) mass is 115 g/mol. The van der Waals surface area contributed by atoms with E-state index in [-0.39, 0.29) is 20.7 Å². The molecule has 0 aliphatic heterocycles. The first-order valence-corrected chi connectivity index (χ1v) is 2.17. The third kappa shape index (κ3) is 16.6. The first-order valence-electron chi connectivity index (χ1n) is 2.17. The summed E-state index contributed by atoms with van der Waals surface area (Å²) >= 11 is 0. The summed E-state index contributed by atoms with van der Waals surface area (Å²) in [5.41, 5.74) is 0. The second kappa shape index (κ2) is 10.1. The van der Waals surface area contributed by atoms with Gasteiger partial charge in [0.25, 0.3) is 0 Å². The Labute approximate surface area is 55.3 Å². The van der Waals surface area contributed by atoms with Gasteiger partial charge in [-0.05, 0) is 13.6 Å². The average Bonchev–Trinajstić information content (AvgIpc) is 1.35. The molecule has 0 aromatic heterocycles. The van der Waals surface area contributed by atoms with E-state index in [4.69, 9.17) is 7.85 Å². The molecular formula is C6H18BN. The highest BCUT2D eigenvalue weighted by Crippen LogP contribution is 1.87. The first-order chi connectivity index (χ1) is 2.77. The summed E-state index contributed by atoms with van der Waals surface area (Å²) < 4.78 is 0. The van der Waals surface area contributed by atoms with Crippen LogP contribution in [0.2, 0.25) is 5.82 Å². The first kappa shape index (κ1) is 15.7. The molecule has 0 rings (SSSR count). The van der Waals surface area contributed by atoms with Gasteiger partial charge in [0.1, 0.15) is 0 Å². The minimum Gasteiger partial charge on any atom is -0.320 e. The molecule has 1 nitrogen and oxygen atoms in total. The maximum Gasteiger partial charge on any atom is 0.0713 e. The molecule has 0 bridgehead atoms. The average molecular weight is 115 g/mol. The molecule has 1 atom stereocenters. The molecule has 0 saturated heterocycles. The molecule has 2 heteroatoms. The SMILES string of the molecule is C.C.[B]C(C)CNC. The van der Waals surface area contributed by atoms with Gasteiger partial charge < -0.3 is 5.32 Å². The highest BCUT2D eigenvalue weighted by Gasteiger charge is 1.84. The van der Waals surface area contributed by atoms with Crippen LogP contribution >= 0.6 is 0 Å². The van der Waals surface area contributed by atoms with E-state index in [1.54, 1.807) is 0 Å². The maximum atomic E-state index is 5.34. The lowest BCUT2D eigenvalue weighted by Crippen LogP contribution is -2.11. The van der Waals surface area contributed by atoms with Gasteiger partial charge in [-0.15, -0.1) is 0 Å². The summed E-state index contributed by atoms with van der Waals surface area (Å²) in [4.78, 5) is 0. The molecule has 0 aliphatic rings. The van der Waals surface area contributed by atoms with Gasteiger partial charge >= 0.3 is 0 Å². The summed E-state index contributed by atoms with van der Waals surface area (Å²) in [5, 5.41) is 2.94. The molecule has 0 spiro atoms. The van der Waals surface area contributed by atoms with Crippen LogP contribution in [0.1, 0.15) is 21.8 Å². The molecule has 1 N–H and O–H groups in total. The molecule has 0 aromatic carbocycles. The van der Waals surface area contributed by atoms with Crippen LogP contribution in [0.15, 0.2) is 0 Å². The van der Waals surface area contributed by atoms with E-state index in [1.165, 1.54) is 0 Å². The second-order valence-electron chi connectivity index (χ2n) is 1.53. The third-order valence-electron chi connectivity index (χ3n) is 0.526. The van der Waals surface area contributed by atoms with Crippen molar-refractivity contribution in [1.82, 2.24) is 5.32 Å². The van der Waals surface area contributed by atoms with Crippen LogP contribution in [0, 0.1) is 0 Å². The highest BCUT2D eigenvalue weighted by molar-refractivity contribution is 6.11. The van der Waals surface area contributed by atoms with E-state index in [2.05, 4.69) is 5.32 Å². The van der Waals surface area contributed by atoms with E-state index < -0.39 is 0 Å². The zero-order chi connectivity index (χ0) is 4.99. The van der Waals surface area contributed by atoms with Crippen molar-refractivity contribution in [2.75, 3.05) is 13.6 Å². The number of rotatable bonds is 2. The summed E-state index contributed by atoms with van der Waals surface area (Å²) in [5.74, 6) is 0.287. The second-order valence-corrected chi connectivity index (χ2v) is 1.53. The Kier molecular flexibility index (Phi) is 19.8. The van der Waals surface area contributed by atoms with Crippen LogP contribution in [0.5, 0.6) is 0 Å². The van der Waals surface area contributed by atoms with E-state index in [9.17, 15) is 0 Å². The van der Waals surface area contributed by atoms with Crippen LogP contribution in [-0.4, -0.2) is 21.4 Å². The fourth-order valence-corrected chi connectivity index (χ4v) is 0.322. The van der Waals surface area contributed by atoms with E-state index in [0.29, 0.717) is 0 Å². The zero-order valence-corrected chi connectivity index (χ0v) is 4.36. The lowest BCUT2D eigenvalue weighted by molar-refractivity contribution is 0.770. The Hall–Kier alpha value is 0.0249. The third-order valence-corrected chi connectivity index (χ3v) is 0.526. The van der Waals surface area contributed by atoms with Crippen LogP contribution in [0.25, 0.3) is 0 Å². The summed E-state index contributed by atoms with van der Waals surface area (Å²) in [6, 6.07) is 0. The molecule has 1 unspecified atom stereocenters. The molecule has 0 amide bonds. The summed E-state index contributed by atoms with van der Waals surface area (Å²) in [6.45, 7) is 2.87. The molecular weight excluding hydrogens is 96.9 g/mol. The fourth-order valence-electron chi connectivity index (χ4n) is 0.322. The van der Waals surface area contributed by atoms with Crippen molar-refractivity contribution >= 4 is 7.85 Å². The van der Waals surface area contributed by atoms with Gasteiger partial charge in [-0.1, -0.05) is 27.6 Å². The van der Waals surface area contributed by atoms with E-state index in [1.807, 2.05) is 14.0 Å². The number of hydrogen-bond acceptors (Lipinski definition) is 1. The maximum absolute atomic E-state index is 5.34. The van der Waals surface area contributed by atoms with Gasteiger partial charge in [0.15, 0.2) is 0 Å². The Bertz CT molecular complexity index is 29.7. The minimum atomic E-state index is 0. The zero-order valence-electron chi connectivity index (χ0n) is 4.36. The van der Waals surface area contributed by atoms with Crippen LogP contribution in [-0.2, 0) is 0 Å². The van der Waals surface area contributed by atoms with Gasteiger partial charge in [-0.2, -0.15) is 0 Å². The number of hydrogen-bond donors (Lipinski definition) is 1. The van der Waals surface area contributed by atoms with Crippen molar-refractivity contribution < 1.29 is 0 Å². The van der Waals surface area contributed by atoms with E-state index in [0.717, 1.165) is 6.54 Å². The van der Waals surface area contributed by atoms with E-state index >= 15 is 0 Å². The van der Waals surface area contributed by atoms with Crippen molar-refractivity contribution in [2.24, 2.45) is 0 Å². The van der Waals surface area contributed by atoms with Gasteiger partial charge in [0.2, 0.25) is 0 Å². The standard InChI is InChI=1S/C4H10BN.2CH4/c1-4(5)3-6-2;;/h4,6H,3H2,1-2H3;2*1H4. The van der Waals surface area contributed by atoms with Crippen molar-refractivity contribution in [1.29, 1.82) is 0 Å². The predicted molar refractivity (Wildman–Crippen MR) is 42.6 cm³/mol. The summed E-state index contributed by atoms with van der Waals surface area (Å²) in [7, 11) is 7.23. The molecule has 50 valence electrons. The Balaban J connectivity index is -0.000000125. The molecule has 0 fully saturated rings. The molecule has 0 heterocycles. The Morgan fingerprint density at radius 3 is 1.88 bits per heavy atom. The Morgan fingerprint density at radius 2 is 1.88 bits per heavy atom. The molecule has 0 saturated carbocycles. The molecule has 2 radical (unpaired) electrons. The van der Waals surface area contributed by atoms with Gasteiger partial charge in [-0.3, -0.25) is 0 Å². The molecule has 0 aliphatic carbocycles. The van der Waals surface area contributed by atoms with Crippen molar-refractivity contribution in [2.45, 2.75) is 27.6 Å². The molecule has 8 heavy (non-hydrogen) atoms. The van der Waals surface area contributed by atoms with Crippen molar-refractivity contribution in [3.05, 3.63) is 0 Å². The van der Waals surface area contributed by atoms with Gasteiger partial charge in [-0.25, -0.2) is 0 Å². The smallest absolute Gasteiger partial charge is 0.0713 e. The quantitative estimate of drug-likeness (QED) is 0.537. The van der Waals surface area contributed by atoms with Gasteiger partial charge in [0.05, 0.1) is 7.85 Å². The number of nitrogens with one attached hydrogen (secondary N) is 1. The van der Waals surface area contributed by atoms with Crippen molar-refractivity contribution in [3.63, 3.8) is 0 Å². The van der Waals surface area contributed by atoms with Crippen molar-refractivity contribution in [3.8, 4) is 0 Å². The normalized spacial score (nSPS) is 10.8. The van der Waals surface area contributed by atoms with Crippen LogP contribution in [0.3, 0.4) is 0 Å². The van der Waals surface area contributed by atoms with Crippen LogP contribution in [0.4, 0.5) is 0 Å². The lowest BCUT2D eigenvalue weighted by atomic mass is 9.90. The minimum absolute atomic E-state index is 0. The van der Waals surface area contributed by atoms with Crippen LogP contribution < -0.4 is 5.32 Å². The summed E-state index contributed by atoms with van der Waals surface area (Å²) in [6.07, 6.45) is 0. The largest absolute Gasteiger partial charge is 0.320 e. The predicted octanol–water partition coefficient (Wildman–Crippen LogP) is 1.45. The topological polar surface area (TPSA) is 12.0 Å². The Morgan fingerprint density at radius 1 is 1.50 bits per heavy atom.